The summed E-state index contributed by atoms with van der Waals surface area (Å²) in [6.45, 7) is 3.92. The number of rotatable bonds is 2. The number of pyridine rings is 1. The maximum absolute atomic E-state index is 5.74. The van der Waals surface area contributed by atoms with Gasteiger partial charge in [0, 0.05) is 18.8 Å². The number of aromatic nitrogens is 3. The Morgan fingerprint density at radius 2 is 2.35 bits per heavy atom. The molecular weight excluding hydrogens is 214 g/mol. The van der Waals surface area contributed by atoms with Gasteiger partial charge in [0.2, 0.25) is 5.95 Å². The second-order valence-corrected chi connectivity index (χ2v) is 4.75. The first kappa shape index (κ1) is 10.5. The Balaban J connectivity index is 1.93. The molecule has 5 nitrogen and oxygen atoms in total. The first-order valence-corrected chi connectivity index (χ1v) is 6.06. The molecule has 0 aromatic carbocycles. The lowest BCUT2D eigenvalue weighted by molar-refractivity contribution is 0.579. The van der Waals surface area contributed by atoms with Crippen LogP contribution in [0.3, 0.4) is 0 Å². The summed E-state index contributed by atoms with van der Waals surface area (Å²) < 4.78 is 1.82. The van der Waals surface area contributed by atoms with Crippen molar-refractivity contribution < 1.29 is 0 Å². The van der Waals surface area contributed by atoms with Crippen LogP contribution in [0.15, 0.2) is 24.4 Å². The van der Waals surface area contributed by atoms with Crippen molar-refractivity contribution in [1.29, 1.82) is 0 Å². The summed E-state index contributed by atoms with van der Waals surface area (Å²) in [5, 5.41) is 4.50. The van der Waals surface area contributed by atoms with Crippen molar-refractivity contribution in [3.05, 3.63) is 24.4 Å². The van der Waals surface area contributed by atoms with Crippen LogP contribution in [0.4, 0.5) is 5.95 Å². The monoisotopic (exact) mass is 231 g/mol. The molecule has 0 aliphatic carbocycles. The summed E-state index contributed by atoms with van der Waals surface area (Å²) in [4.78, 5) is 6.81. The second kappa shape index (κ2) is 4.00. The average molecular weight is 231 g/mol. The lowest BCUT2D eigenvalue weighted by Crippen LogP contribution is -2.28. The summed E-state index contributed by atoms with van der Waals surface area (Å²) in [5.74, 6) is 1.39. The molecule has 0 amide bonds. The Labute approximate surface area is 100 Å². The molecule has 1 aliphatic rings. The summed E-state index contributed by atoms with van der Waals surface area (Å²) >= 11 is 0. The van der Waals surface area contributed by atoms with Crippen molar-refractivity contribution in [2.45, 2.75) is 19.4 Å². The highest BCUT2D eigenvalue weighted by Gasteiger charge is 2.30. The van der Waals surface area contributed by atoms with Gasteiger partial charge in [0.15, 0.2) is 5.65 Å². The molecular formula is C12H17N5. The van der Waals surface area contributed by atoms with E-state index in [-0.39, 0.29) is 0 Å². The minimum absolute atomic E-state index is 0.473. The van der Waals surface area contributed by atoms with Gasteiger partial charge < -0.3 is 10.6 Å². The predicted molar refractivity (Wildman–Crippen MR) is 67.0 cm³/mol. The number of hydrogen-bond acceptors (Lipinski definition) is 4. The number of nitrogens with zero attached hydrogens (tertiary/aromatic N) is 4. The summed E-state index contributed by atoms with van der Waals surface area (Å²) in [6.07, 6.45) is 3.05. The minimum atomic E-state index is 0.473. The van der Waals surface area contributed by atoms with E-state index < -0.39 is 0 Å². The quantitative estimate of drug-likeness (QED) is 0.834. The first-order valence-electron chi connectivity index (χ1n) is 6.06. The van der Waals surface area contributed by atoms with Crippen molar-refractivity contribution in [3.63, 3.8) is 0 Å². The van der Waals surface area contributed by atoms with Crippen molar-refractivity contribution in [2.75, 3.05) is 18.0 Å². The zero-order valence-corrected chi connectivity index (χ0v) is 9.95. The van der Waals surface area contributed by atoms with E-state index in [1.807, 2.05) is 28.9 Å². The molecule has 0 saturated carbocycles. The third-order valence-electron chi connectivity index (χ3n) is 3.48. The maximum atomic E-state index is 5.74. The van der Waals surface area contributed by atoms with Gasteiger partial charge in [-0.2, -0.15) is 4.98 Å². The number of hydrogen-bond donors (Lipinski definition) is 1. The maximum Gasteiger partial charge on any atom is 0.245 e. The molecule has 1 saturated heterocycles. The highest BCUT2D eigenvalue weighted by atomic mass is 15.4. The van der Waals surface area contributed by atoms with Crippen LogP contribution in [-0.2, 0) is 0 Å². The predicted octanol–water partition coefficient (Wildman–Crippen LogP) is 0.903. The van der Waals surface area contributed by atoms with E-state index in [9.17, 15) is 0 Å². The molecule has 0 spiro atoms. The van der Waals surface area contributed by atoms with E-state index in [1.165, 1.54) is 0 Å². The van der Waals surface area contributed by atoms with Gasteiger partial charge in [0.05, 0.1) is 0 Å². The third-order valence-corrected chi connectivity index (χ3v) is 3.48. The Bertz CT molecular complexity index is 487. The molecule has 2 aromatic heterocycles. The van der Waals surface area contributed by atoms with Crippen LogP contribution in [0.5, 0.6) is 0 Å². The minimum Gasteiger partial charge on any atom is -0.336 e. The highest BCUT2D eigenvalue weighted by molar-refractivity contribution is 5.45. The standard InChI is InChI=1S/C12H17N5/c1-9-6-10(7-13)8-16(9)12-14-11-4-2-3-5-17(11)15-12/h2-5,9-10H,6-8,13H2,1H3. The number of fused-ring (bicyclic) bond motifs is 1. The molecule has 3 rings (SSSR count). The Hall–Kier alpha value is -1.62. The Kier molecular flexibility index (Phi) is 2.48. The molecule has 17 heavy (non-hydrogen) atoms. The van der Waals surface area contributed by atoms with Crippen LogP contribution < -0.4 is 10.6 Å². The van der Waals surface area contributed by atoms with Gasteiger partial charge in [-0.1, -0.05) is 6.07 Å². The molecule has 0 radical (unpaired) electrons. The topological polar surface area (TPSA) is 59.5 Å². The molecule has 5 heteroatoms. The Morgan fingerprint density at radius 3 is 3.06 bits per heavy atom. The molecule has 90 valence electrons. The van der Waals surface area contributed by atoms with Crippen molar-refractivity contribution in [3.8, 4) is 0 Å². The van der Waals surface area contributed by atoms with E-state index in [2.05, 4.69) is 21.9 Å². The van der Waals surface area contributed by atoms with Crippen molar-refractivity contribution in [1.82, 2.24) is 14.6 Å². The molecule has 2 atom stereocenters. The average Bonchev–Trinajstić information content (AvgIpc) is 2.91. The Morgan fingerprint density at radius 1 is 1.47 bits per heavy atom. The second-order valence-electron chi connectivity index (χ2n) is 4.75. The fraction of sp³-hybridized carbons (Fsp3) is 0.500. The molecule has 2 unspecified atom stereocenters. The third kappa shape index (κ3) is 1.76. The van der Waals surface area contributed by atoms with Gasteiger partial charge in [0.1, 0.15) is 0 Å². The lowest BCUT2D eigenvalue weighted by atomic mass is 10.1. The van der Waals surface area contributed by atoms with Gasteiger partial charge in [-0.05, 0) is 37.9 Å². The molecule has 2 N–H and O–H groups in total. The fourth-order valence-corrected chi connectivity index (χ4v) is 2.53. The lowest BCUT2D eigenvalue weighted by Gasteiger charge is -2.18. The number of anilines is 1. The van der Waals surface area contributed by atoms with E-state index in [0.717, 1.165) is 31.1 Å². The largest absolute Gasteiger partial charge is 0.336 e. The van der Waals surface area contributed by atoms with Gasteiger partial charge in [-0.25, -0.2) is 4.52 Å². The van der Waals surface area contributed by atoms with E-state index >= 15 is 0 Å². The normalized spacial score (nSPS) is 24.7. The number of nitrogens with two attached hydrogens (primary N) is 1. The van der Waals surface area contributed by atoms with Crippen LogP contribution >= 0.6 is 0 Å². The highest BCUT2D eigenvalue weighted by Crippen LogP contribution is 2.26. The molecule has 0 bridgehead atoms. The van der Waals surface area contributed by atoms with Crippen molar-refractivity contribution in [2.24, 2.45) is 11.7 Å². The first-order chi connectivity index (χ1) is 8.28. The summed E-state index contributed by atoms with van der Waals surface area (Å²) in [5.41, 5.74) is 6.63. The fourth-order valence-electron chi connectivity index (χ4n) is 2.53. The van der Waals surface area contributed by atoms with E-state index in [0.29, 0.717) is 12.0 Å². The zero-order valence-electron chi connectivity index (χ0n) is 9.95. The van der Waals surface area contributed by atoms with E-state index in [4.69, 9.17) is 5.73 Å². The SMILES string of the molecule is CC1CC(CN)CN1c1nc2ccccn2n1. The van der Waals surface area contributed by atoms with Crippen LogP contribution in [0.2, 0.25) is 0 Å². The van der Waals surface area contributed by atoms with Gasteiger partial charge >= 0.3 is 0 Å². The molecule has 3 heterocycles. The van der Waals surface area contributed by atoms with Gasteiger partial charge in [-0.15, -0.1) is 5.10 Å². The van der Waals surface area contributed by atoms with E-state index in [1.54, 1.807) is 0 Å². The van der Waals surface area contributed by atoms with Crippen molar-refractivity contribution >= 4 is 11.6 Å². The van der Waals surface area contributed by atoms with Crippen LogP contribution in [0.1, 0.15) is 13.3 Å². The summed E-state index contributed by atoms with van der Waals surface area (Å²) in [7, 11) is 0. The van der Waals surface area contributed by atoms with Crippen LogP contribution in [0.25, 0.3) is 5.65 Å². The molecule has 1 fully saturated rings. The van der Waals surface area contributed by atoms with Crippen LogP contribution in [0, 0.1) is 5.92 Å². The zero-order chi connectivity index (χ0) is 11.8. The molecule has 2 aromatic rings. The van der Waals surface area contributed by atoms with Gasteiger partial charge in [0.25, 0.3) is 0 Å². The van der Waals surface area contributed by atoms with Crippen LogP contribution in [-0.4, -0.2) is 33.7 Å². The smallest absolute Gasteiger partial charge is 0.245 e. The molecule has 1 aliphatic heterocycles. The summed E-state index contributed by atoms with van der Waals surface area (Å²) in [6, 6.07) is 6.38. The van der Waals surface area contributed by atoms with Gasteiger partial charge in [-0.3, -0.25) is 0 Å².